The lowest BCUT2D eigenvalue weighted by Crippen LogP contribution is -2.10. The van der Waals surface area contributed by atoms with Gasteiger partial charge in [-0.15, -0.1) is 0 Å². The van der Waals surface area contributed by atoms with Crippen molar-refractivity contribution in [3.05, 3.63) is 53.9 Å². The number of ether oxygens (including phenoxy) is 2. The monoisotopic (exact) mass is 258 g/mol. The number of esters is 1. The first-order valence-corrected chi connectivity index (χ1v) is 5.71. The fourth-order valence-corrected chi connectivity index (χ4v) is 1.57. The van der Waals surface area contributed by atoms with Crippen LogP contribution >= 0.6 is 0 Å². The van der Waals surface area contributed by atoms with Gasteiger partial charge in [0.05, 0.1) is 12.8 Å². The molecule has 0 aliphatic carbocycles. The van der Waals surface area contributed by atoms with E-state index in [1.54, 1.807) is 25.3 Å². The van der Waals surface area contributed by atoms with Gasteiger partial charge in [-0.25, -0.2) is 9.78 Å². The van der Waals surface area contributed by atoms with Crippen LogP contribution in [0.3, 0.4) is 0 Å². The zero-order valence-corrected chi connectivity index (χ0v) is 10.5. The van der Waals surface area contributed by atoms with E-state index in [9.17, 15) is 4.79 Å². The van der Waals surface area contributed by atoms with Crippen LogP contribution in [0, 0.1) is 0 Å². The maximum atomic E-state index is 11.8. The highest BCUT2D eigenvalue weighted by Gasteiger charge is 2.12. The summed E-state index contributed by atoms with van der Waals surface area (Å²) in [7, 11) is 1.58. The molecule has 98 valence electrons. The molecule has 0 fully saturated rings. The summed E-state index contributed by atoms with van der Waals surface area (Å²) in [6, 6.07) is 10.6. The van der Waals surface area contributed by atoms with Gasteiger partial charge in [0.15, 0.2) is 5.69 Å². The van der Waals surface area contributed by atoms with Crippen molar-refractivity contribution < 1.29 is 14.3 Å². The van der Waals surface area contributed by atoms with Crippen molar-refractivity contribution in [3.63, 3.8) is 0 Å². The molecule has 2 N–H and O–H groups in total. The second kappa shape index (κ2) is 5.86. The van der Waals surface area contributed by atoms with E-state index in [2.05, 4.69) is 4.98 Å². The Morgan fingerprint density at radius 3 is 2.89 bits per heavy atom. The number of benzene rings is 1. The predicted octanol–water partition coefficient (Wildman–Crippen LogP) is 2.03. The molecule has 2 aromatic rings. The van der Waals surface area contributed by atoms with Gasteiger partial charge in [-0.1, -0.05) is 12.1 Å². The van der Waals surface area contributed by atoms with Crippen molar-refractivity contribution in [1.82, 2.24) is 4.98 Å². The molecule has 0 unspecified atom stereocenters. The van der Waals surface area contributed by atoms with Crippen LogP contribution in [-0.4, -0.2) is 18.1 Å². The highest BCUT2D eigenvalue weighted by Crippen LogP contribution is 2.15. The largest absolute Gasteiger partial charge is 0.497 e. The Bertz CT molecular complexity index is 584. The molecule has 0 amide bonds. The molecule has 0 bridgehead atoms. The highest BCUT2D eigenvalue weighted by molar-refractivity contribution is 5.92. The van der Waals surface area contributed by atoms with Crippen LogP contribution in [0.15, 0.2) is 42.6 Å². The lowest BCUT2D eigenvalue weighted by molar-refractivity contribution is 0.0467. The number of hydrogen-bond acceptors (Lipinski definition) is 5. The van der Waals surface area contributed by atoms with E-state index in [4.69, 9.17) is 15.2 Å². The van der Waals surface area contributed by atoms with Gasteiger partial charge < -0.3 is 15.2 Å². The molecular formula is C14H14N2O3. The molecule has 0 saturated carbocycles. The van der Waals surface area contributed by atoms with Gasteiger partial charge in [0.25, 0.3) is 0 Å². The van der Waals surface area contributed by atoms with Gasteiger partial charge in [0, 0.05) is 6.20 Å². The summed E-state index contributed by atoms with van der Waals surface area (Å²) in [5.74, 6) is 0.173. The van der Waals surface area contributed by atoms with E-state index in [1.165, 1.54) is 6.20 Å². The molecule has 1 aromatic heterocycles. The van der Waals surface area contributed by atoms with Gasteiger partial charge in [0.1, 0.15) is 12.4 Å². The Morgan fingerprint density at radius 1 is 1.32 bits per heavy atom. The summed E-state index contributed by atoms with van der Waals surface area (Å²) >= 11 is 0. The van der Waals surface area contributed by atoms with Crippen molar-refractivity contribution in [2.45, 2.75) is 6.61 Å². The topological polar surface area (TPSA) is 74.4 Å². The van der Waals surface area contributed by atoms with Crippen LogP contribution in [0.2, 0.25) is 0 Å². The molecule has 0 aliphatic heterocycles. The van der Waals surface area contributed by atoms with Gasteiger partial charge in [-0.05, 0) is 29.8 Å². The maximum absolute atomic E-state index is 11.8. The summed E-state index contributed by atoms with van der Waals surface area (Å²) < 4.78 is 10.3. The number of anilines is 1. The van der Waals surface area contributed by atoms with Crippen LogP contribution in [-0.2, 0) is 11.3 Å². The molecular weight excluding hydrogens is 244 g/mol. The Kier molecular flexibility index (Phi) is 3.97. The van der Waals surface area contributed by atoms with Gasteiger partial charge in [-0.3, -0.25) is 0 Å². The Morgan fingerprint density at radius 2 is 2.16 bits per heavy atom. The molecule has 0 atom stereocenters. The van der Waals surface area contributed by atoms with Crippen LogP contribution in [0.5, 0.6) is 5.75 Å². The minimum Gasteiger partial charge on any atom is -0.497 e. The quantitative estimate of drug-likeness (QED) is 0.849. The molecule has 1 aromatic carbocycles. The number of pyridine rings is 1. The fourth-order valence-electron chi connectivity index (χ4n) is 1.57. The zero-order chi connectivity index (χ0) is 13.7. The van der Waals surface area contributed by atoms with Crippen molar-refractivity contribution in [2.24, 2.45) is 0 Å². The van der Waals surface area contributed by atoms with Crippen LogP contribution < -0.4 is 10.5 Å². The van der Waals surface area contributed by atoms with Crippen molar-refractivity contribution in [3.8, 4) is 5.75 Å². The van der Waals surface area contributed by atoms with Gasteiger partial charge in [-0.2, -0.15) is 0 Å². The molecule has 2 rings (SSSR count). The number of hydrogen-bond donors (Lipinski definition) is 1. The summed E-state index contributed by atoms with van der Waals surface area (Å²) in [4.78, 5) is 15.7. The summed E-state index contributed by atoms with van der Waals surface area (Å²) in [6.07, 6.45) is 1.50. The van der Waals surface area contributed by atoms with E-state index >= 15 is 0 Å². The highest BCUT2D eigenvalue weighted by atomic mass is 16.5. The smallest absolute Gasteiger partial charge is 0.359 e. The first-order chi connectivity index (χ1) is 9.20. The van der Waals surface area contributed by atoms with E-state index in [1.807, 2.05) is 18.2 Å². The van der Waals surface area contributed by atoms with Crippen molar-refractivity contribution in [2.75, 3.05) is 12.8 Å². The minimum absolute atomic E-state index is 0.130. The molecule has 0 aliphatic rings. The van der Waals surface area contributed by atoms with E-state index in [-0.39, 0.29) is 12.3 Å². The zero-order valence-electron chi connectivity index (χ0n) is 10.5. The number of methoxy groups -OCH3 is 1. The number of aromatic nitrogens is 1. The third-order valence-corrected chi connectivity index (χ3v) is 2.54. The van der Waals surface area contributed by atoms with Crippen LogP contribution in [0.1, 0.15) is 16.1 Å². The van der Waals surface area contributed by atoms with Crippen LogP contribution in [0.4, 0.5) is 5.69 Å². The molecule has 5 nitrogen and oxygen atoms in total. The average Bonchev–Trinajstić information content (AvgIpc) is 2.45. The Labute approximate surface area is 111 Å². The third-order valence-electron chi connectivity index (χ3n) is 2.54. The van der Waals surface area contributed by atoms with Crippen molar-refractivity contribution in [1.29, 1.82) is 0 Å². The predicted molar refractivity (Wildman–Crippen MR) is 70.8 cm³/mol. The summed E-state index contributed by atoms with van der Waals surface area (Å²) in [5.41, 5.74) is 6.92. The second-order valence-electron chi connectivity index (χ2n) is 3.87. The molecule has 0 radical (unpaired) electrons. The number of nitrogens with two attached hydrogens (primary N) is 1. The van der Waals surface area contributed by atoms with Crippen LogP contribution in [0.25, 0.3) is 0 Å². The molecule has 0 spiro atoms. The fraction of sp³-hybridized carbons (Fsp3) is 0.143. The van der Waals surface area contributed by atoms with E-state index in [0.29, 0.717) is 11.4 Å². The molecule has 1 heterocycles. The minimum atomic E-state index is -0.541. The number of rotatable bonds is 4. The summed E-state index contributed by atoms with van der Waals surface area (Å²) in [6.45, 7) is 0.145. The second-order valence-corrected chi connectivity index (χ2v) is 3.87. The molecule has 19 heavy (non-hydrogen) atoms. The molecule has 0 saturated heterocycles. The normalized spacial score (nSPS) is 9.95. The number of carbonyl (C=O) groups is 1. The van der Waals surface area contributed by atoms with E-state index in [0.717, 1.165) is 5.56 Å². The average molecular weight is 258 g/mol. The Hall–Kier alpha value is -2.56. The first kappa shape index (κ1) is 12.9. The summed E-state index contributed by atoms with van der Waals surface area (Å²) in [5, 5.41) is 0. The lowest BCUT2D eigenvalue weighted by atomic mass is 10.2. The Balaban J connectivity index is 2.02. The standard InChI is InChI=1S/C14H14N2O3/c1-18-11-5-2-4-10(8-11)9-19-14(17)13-12(15)6-3-7-16-13/h2-8H,9,15H2,1H3. The van der Waals surface area contributed by atoms with E-state index < -0.39 is 5.97 Å². The number of nitrogen functional groups attached to an aromatic ring is 1. The van der Waals surface area contributed by atoms with Gasteiger partial charge >= 0.3 is 5.97 Å². The number of nitrogens with zero attached hydrogens (tertiary/aromatic N) is 1. The van der Waals surface area contributed by atoms with Gasteiger partial charge in [0.2, 0.25) is 0 Å². The first-order valence-electron chi connectivity index (χ1n) is 5.71. The SMILES string of the molecule is COc1cccc(COC(=O)c2ncccc2N)c1. The maximum Gasteiger partial charge on any atom is 0.359 e. The molecule has 5 heteroatoms. The van der Waals surface area contributed by atoms with Crippen molar-refractivity contribution >= 4 is 11.7 Å². The lowest BCUT2D eigenvalue weighted by Gasteiger charge is -2.07. The third kappa shape index (κ3) is 3.22. The number of carbonyl (C=O) groups excluding carboxylic acids is 1.